The number of pyridine rings is 1. The lowest BCUT2D eigenvalue weighted by molar-refractivity contribution is -0.183. The third-order valence-electron chi connectivity index (χ3n) is 3.54. The third kappa shape index (κ3) is 3.56. The monoisotopic (exact) mass is 303 g/mol. The van der Waals surface area contributed by atoms with Crippen molar-refractivity contribution < 1.29 is 18.0 Å². The highest BCUT2D eigenvalue weighted by atomic mass is 19.4. The van der Waals surface area contributed by atoms with Crippen molar-refractivity contribution >= 4 is 11.7 Å². The van der Waals surface area contributed by atoms with E-state index in [9.17, 15) is 22.8 Å². The van der Waals surface area contributed by atoms with E-state index in [4.69, 9.17) is 0 Å². The van der Waals surface area contributed by atoms with E-state index in [-0.39, 0.29) is 25.2 Å². The van der Waals surface area contributed by atoms with Crippen molar-refractivity contribution in [1.82, 2.24) is 9.47 Å². The van der Waals surface area contributed by atoms with Crippen molar-refractivity contribution in [2.45, 2.75) is 19.0 Å². The fraction of sp³-hybridized carbons (Fsp3) is 0.538. The molecule has 0 aromatic carbocycles. The molecule has 0 aliphatic carbocycles. The maximum Gasteiger partial charge on any atom is 0.393 e. The number of aromatic nitrogens is 1. The standard InChI is InChI=1S/C13H16F3N3O2/c1-18-6-3-5-10(11(18)20)17-12(21)19-7-2-4-9(8-19)13(14,15)16/h3,5-6,9H,2,4,7-8H2,1H3,(H,17,21). The first-order chi connectivity index (χ1) is 9.79. The molecule has 1 aromatic heterocycles. The van der Waals surface area contributed by atoms with Crippen LogP contribution in [0.1, 0.15) is 12.8 Å². The number of likely N-dealkylation sites (tertiary alicyclic amines) is 1. The number of aryl methyl sites for hydroxylation is 1. The molecule has 0 radical (unpaired) electrons. The van der Waals surface area contributed by atoms with Crippen LogP contribution in [0.15, 0.2) is 23.1 Å². The van der Waals surface area contributed by atoms with E-state index < -0.39 is 23.7 Å². The maximum absolute atomic E-state index is 12.7. The molecule has 2 rings (SSSR count). The fourth-order valence-electron chi connectivity index (χ4n) is 2.32. The van der Waals surface area contributed by atoms with E-state index in [1.165, 1.54) is 23.9 Å². The Balaban J connectivity index is 2.07. The van der Waals surface area contributed by atoms with Crippen LogP contribution in [-0.4, -0.2) is 34.8 Å². The first-order valence-corrected chi connectivity index (χ1v) is 6.57. The highest BCUT2D eigenvalue weighted by Crippen LogP contribution is 2.33. The lowest BCUT2D eigenvalue weighted by Crippen LogP contribution is -2.46. The molecule has 116 valence electrons. The largest absolute Gasteiger partial charge is 0.393 e. The predicted octanol–water partition coefficient (Wildman–Crippen LogP) is 2.19. The SMILES string of the molecule is Cn1cccc(NC(=O)N2CCCC(C(F)(F)F)C2)c1=O. The zero-order valence-electron chi connectivity index (χ0n) is 11.5. The molecule has 21 heavy (non-hydrogen) atoms. The van der Waals surface area contributed by atoms with Crippen LogP contribution < -0.4 is 10.9 Å². The van der Waals surface area contributed by atoms with Crippen LogP contribution in [0, 0.1) is 5.92 Å². The predicted molar refractivity (Wildman–Crippen MR) is 71.1 cm³/mol. The summed E-state index contributed by atoms with van der Waals surface area (Å²) in [5, 5.41) is 2.38. The van der Waals surface area contributed by atoms with E-state index in [1.54, 1.807) is 6.07 Å². The summed E-state index contributed by atoms with van der Waals surface area (Å²) in [6, 6.07) is 2.32. The number of anilines is 1. The molecule has 1 atom stereocenters. The number of carbonyl (C=O) groups is 1. The Morgan fingerprint density at radius 2 is 2.14 bits per heavy atom. The normalized spacial score (nSPS) is 19.4. The highest BCUT2D eigenvalue weighted by molar-refractivity contribution is 5.89. The van der Waals surface area contributed by atoms with Gasteiger partial charge in [0.05, 0.1) is 5.92 Å². The van der Waals surface area contributed by atoms with Gasteiger partial charge >= 0.3 is 12.2 Å². The molecule has 1 unspecified atom stereocenters. The molecule has 0 bridgehead atoms. The Hall–Kier alpha value is -1.99. The van der Waals surface area contributed by atoms with Crippen molar-refractivity contribution in [2.24, 2.45) is 13.0 Å². The minimum absolute atomic E-state index is 0.0282. The van der Waals surface area contributed by atoms with Gasteiger partial charge in [-0.15, -0.1) is 0 Å². The number of hydrogen-bond donors (Lipinski definition) is 1. The van der Waals surface area contributed by atoms with Gasteiger partial charge < -0.3 is 14.8 Å². The summed E-state index contributed by atoms with van der Waals surface area (Å²) in [6.45, 7) is -0.117. The van der Waals surface area contributed by atoms with Crippen LogP contribution >= 0.6 is 0 Å². The van der Waals surface area contributed by atoms with Crippen LogP contribution in [0.3, 0.4) is 0 Å². The van der Waals surface area contributed by atoms with Crippen LogP contribution in [0.25, 0.3) is 0 Å². The number of urea groups is 1. The molecule has 1 fully saturated rings. The molecule has 1 aliphatic rings. The summed E-state index contributed by atoms with van der Waals surface area (Å²) in [5.74, 6) is -1.50. The first kappa shape index (κ1) is 15.4. The van der Waals surface area contributed by atoms with Gasteiger partial charge in [-0.2, -0.15) is 13.2 Å². The molecule has 2 heterocycles. The van der Waals surface area contributed by atoms with Gasteiger partial charge in [-0.05, 0) is 25.0 Å². The number of piperidine rings is 1. The molecule has 1 N–H and O–H groups in total. The smallest absolute Gasteiger partial charge is 0.324 e. The Bertz CT molecular complexity index is 583. The number of halogens is 3. The van der Waals surface area contributed by atoms with Gasteiger partial charge in [-0.1, -0.05) is 0 Å². The zero-order chi connectivity index (χ0) is 15.6. The maximum atomic E-state index is 12.7. The van der Waals surface area contributed by atoms with Gasteiger partial charge in [-0.25, -0.2) is 4.79 Å². The van der Waals surface area contributed by atoms with E-state index >= 15 is 0 Å². The van der Waals surface area contributed by atoms with E-state index in [0.29, 0.717) is 6.42 Å². The lowest BCUT2D eigenvalue weighted by Gasteiger charge is -2.33. The number of rotatable bonds is 1. The molecule has 0 saturated carbocycles. The lowest BCUT2D eigenvalue weighted by atomic mass is 9.98. The van der Waals surface area contributed by atoms with Gasteiger partial charge in [0.25, 0.3) is 5.56 Å². The number of hydrogen-bond acceptors (Lipinski definition) is 2. The second-order valence-corrected chi connectivity index (χ2v) is 5.09. The van der Waals surface area contributed by atoms with Crippen molar-refractivity contribution in [3.05, 3.63) is 28.7 Å². The molecule has 5 nitrogen and oxygen atoms in total. The van der Waals surface area contributed by atoms with Crippen molar-refractivity contribution in [1.29, 1.82) is 0 Å². The minimum Gasteiger partial charge on any atom is -0.324 e. The topological polar surface area (TPSA) is 54.3 Å². The highest BCUT2D eigenvalue weighted by Gasteiger charge is 2.42. The fourth-order valence-corrected chi connectivity index (χ4v) is 2.32. The molecule has 1 aliphatic heterocycles. The number of nitrogens with zero attached hydrogens (tertiary/aromatic N) is 2. The molecule has 2 amide bonds. The quantitative estimate of drug-likeness (QED) is 0.864. The van der Waals surface area contributed by atoms with E-state index in [1.807, 2.05) is 0 Å². The molecular formula is C13H16F3N3O2. The van der Waals surface area contributed by atoms with E-state index in [2.05, 4.69) is 5.32 Å². The summed E-state index contributed by atoms with van der Waals surface area (Å²) in [6.07, 6.45) is -2.45. The van der Waals surface area contributed by atoms with Gasteiger partial charge in [-0.3, -0.25) is 4.79 Å². The summed E-state index contributed by atoms with van der Waals surface area (Å²) in [5.41, 5.74) is -0.352. The van der Waals surface area contributed by atoms with E-state index in [0.717, 1.165) is 4.90 Å². The minimum atomic E-state index is -4.30. The molecule has 1 saturated heterocycles. The number of carbonyl (C=O) groups excluding carboxylic acids is 1. The Morgan fingerprint density at radius 1 is 1.43 bits per heavy atom. The summed E-state index contributed by atoms with van der Waals surface area (Å²) in [7, 11) is 1.53. The first-order valence-electron chi connectivity index (χ1n) is 6.57. The van der Waals surface area contributed by atoms with Crippen LogP contribution in [0.4, 0.5) is 23.7 Å². The molecule has 1 aromatic rings. The molecule has 0 spiro atoms. The Labute approximate surface area is 119 Å². The second-order valence-electron chi connectivity index (χ2n) is 5.09. The summed E-state index contributed by atoms with van der Waals surface area (Å²) < 4.78 is 39.4. The van der Waals surface area contributed by atoms with Gasteiger partial charge in [0.15, 0.2) is 0 Å². The van der Waals surface area contributed by atoms with Gasteiger partial charge in [0.2, 0.25) is 0 Å². The second kappa shape index (κ2) is 5.79. The van der Waals surface area contributed by atoms with Crippen molar-refractivity contribution in [3.8, 4) is 0 Å². The Kier molecular flexibility index (Phi) is 4.24. The Morgan fingerprint density at radius 3 is 2.81 bits per heavy atom. The molecular weight excluding hydrogens is 287 g/mol. The number of alkyl halides is 3. The molecule has 8 heteroatoms. The average molecular weight is 303 g/mol. The number of amides is 2. The van der Waals surface area contributed by atoms with Crippen LogP contribution in [0.5, 0.6) is 0 Å². The van der Waals surface area contributed by atoms with Crippen LogP contribution in [-0.2, 0) is 7.05 Å². The average Bonchev–Trinajstić information content (AvgIpc) is 2.43. The summed E-state index contributed by atoms with van der Waals surface area (Å²) in [4.78, 5) is 24.9. The number of nitrogens with one attached hydrogen (secondary N) is 1. The van der Waals surface area contributed by atoms with Crippen molar-refractivity contribution in [2.75, 3.05) is 18.4 Å². The third-order valence-corrected chi connectivity index (χ3v) is 3.54. The van der Waals surface area contributed by atoms with Gasteiger partial charge in [0.1, 0.15) is 5.69 Å². The zero-order valence-corrected chi connectivity index (χ0v) is 11.5. The van der Waals surface area contributed by atoms with Gasteiger partial charge in [0, 0.05) is 26.3 Å². The summed E-state index contributed by atoms with van der Waals surface area (Å²) >= 11 is 0. The van der Waals surface area contributed by atoms with Crippen LogP contribution in [0.2, 0.25) is 0 Å². The van der Waals surface area contributed by atoms with Crippen molar-refractivity contribution in [3.63, 3.8) is 0 Å².